The average molecular weight is 542 g/mol. The SMILES string of the molecule is C[C@@H]([C@H](O[Si](C)(C)C(C)(C)C)c1ccccc1)N(CCCC1=CCC(C(C)(C)C)=CC1)C(=O)OC(C)(C)C. The standard InChI is InChI=1S/C33H55NO3Si/c1-25(29(27-18-14-13-15-19-27)37-38(11,12)33(8,9)10)34(30(35)36-32(5,6)7)24-16-17-26-20-22-28(23-21-26)31(2,3)4/h13-15,18-20,23,25,29H,16-17,21-22,24H2,1-12H3/t25-,29-/m0/s1. The third-order valence-corrected chi connectivity index (χ3v) is 12.5. The van der Waals surface area contributed by atoms with E-state index in [1.54, 1.807) is 0 Å². The minimum atomic E-state index is -2.12. The van der Waals surface area contributed by atoms with Crippen molar-refractivity contribution in [2.24, 2.45) is 5.41 Å². The molecule has 0 radical (unpaired) electrons. The quantitative estimate of drug-likeness (QED) is 0.231. The molecule has 5 heteroatoms. The fraction of sp³-hybridized carbons (Fsp3) is 0.667. The molecule has 1 amide bonds. The van der Waals surface area contributed by atoms with E-state index in [0.29, 0.717) is 6.54 Å². The summed E-state index contributed by atoms with van der Waals surface area (Å²) in [6, 6.07) is 10.2. The summed E-state index contributed by atoms with van der Waals surface area (Å²) in [5.41, 5.74) is 3.75. The third kappa shape index (κ3) is 9.41. The molecule has 0 aromatic heterocycles. The zero-order valence-corrected chi connectivity index (χ0v) is 27.4. The molecule has 2 atom stereocenters. The van der Waals surface area contributed by atoms with E-state index in [1.807, 2.05) is 31.7 Å². The highest BCUT2D eigenvalue weighted by atomic mass is 28.4. The molecule has 0 unspecified atom stereocenters. The minimum absolute atomic E-state index is 0.0589. The number of benzene rings is 1. The highest BCUT2D eigenvalue weighted by Crippen LogP contribution is 2.41. The van der Waals surface area contributed by atoms with Crippen LogP contribution in [0.2, 0.25) is 18.1 Å². The predicted molar refractivity (Wildman–Crippen MR) is 164 cm³/mol. The van der Waals surface area contributed by atoms with Crippen molar-refractivity contribution in [3.63, 3.8) is 0 Å². The molecule has 0 heterocycles. The van der Waals surface area contributed by atoms with Gasteiger partial charge in [0.1, 0.15) is 5.60 Å². The van der Waals surface area contributed by atoms with Gasteiger partial charge in [-0.1, -0.05) is 95.2 Å². The van der Waals surface area contributed by atoms with Crippen molar-refractivity contribution in [1.82, 2.24) is 4.90 Å². The van der Waals surface area contributed by atoms with Crippen LogP contribution in [0.3, 0.4) is 0 Å². The number of ether oxygens (including phenoxy) is 1. The van der Waals surface area contributed by atoms with Crippen LogP contribution in [0.4, 0.5) is 4.79 Å². The number of carbonyl (C=O) groups is 1. The Bertz CT molecular complexity index is 974. The van der Waals surface area contributed by atoms with Crippen molar-refractivity contribution in [2.45, 2.75) is 131 Å². The van der Waals surface area contributed by atoms with Gasteiger partial charge in [0.15, 0.2) is 8.32 Å². The summed E-state index contributed by atoms with van der Waals surface area (Å²) in [5, 5.41) is 0.0589. The molecule has 1 aliphatic carbocycles. The monoisotopic (exact) mass is 541 g/mol. The van der Waals surface area contributed by atoms with E-state index in [2.05, 4.69) is 98.0 Å². The van der Waals surface area contributed by atoms with Gasteiger partial charge in [-0.15, -0.1) is 0 Å². The summed E-state index contributed by atoms with van der Waals surface area (Å²) >= 11 is 0. The second kappa shape index (κ2) is 12.5. The molecule has 0 bridgehead atoms. The molecule has 2 rings (SSSR count). The first-order valence-corrected chi connectivity index (χ1v) is 17.3. The molecule has 38 heavy (non-hydrogen) atoms. The van der Waals surface area contributed by atoms with E-state index < -0.39 is 13.9 Å². The number of rotatable bonds is 9. The molecule has 0 saturated heterocycles. The molecule has 0 saturated carbocycles. The van der Waals surface area contributed by atoms with Crippen LogP contribution in [-0.4, -0.2) is 37.5 Å². The number of amides is 1. The fourth-order valence-electron chi connectivity index (χ4n) is 4.50. The maximum atomic E-state index is 13.6. The number of hydrogen-bond acceptors (Lipinski definition) is 3. The van der Waals surface area contributed by atoms with Gasteiger partial charge in [0, 0.05) is 6.54 Å². The highest BCUT2D eigenvalue weighted by Gasteiger charge is 2.42. The molecule has 1 aromatic rings. The Balaban J connectivity index is 2.27. The van der Waals surface area contributed by atoms with Gasteiger partial charge in [0.05, 0.1) is 12.1 Å². The molecule has 1 aliphatic rings. The van der Waals surface area contributed by atoms with E-state index in [1.165, 1.54) is 11.1 Å². The Morgan fingerprint density at radius 3 is 2.03 bits per heavy atom. The van der Waals surface area contributed by atoms with Crippen LogP contribution < -0.4 is 0 Å². The fourth-order valence-corrected chi connectivity index (χ4v) is 5.82. The van der Waals surface area contributed by atoms with E-state index in [9.17, 15) is 4.79 Å². The first kappa shape index (κ1) is 32.4. The van der Waals surface area contributed by atoms with Gasteiger partial charge < -0.3 is 14.1 Å². The van der Waals surface area contributed by atoms with Crippen molar-refractivity contribution in [1.29, 1.82) is 0 Å². The van der Waals surface area contributed by atoms with Crippen molar-refractivity contribution < 1.29 is 14.0 Å². The second-order valence-electron chi connectivity index (χ2n) is 14.5. The first-order chi connectivity index (χ1) is 17.3. The number of carbonyl (C=O) groups excluding carboxylic acids is 1. The van der Waals surface area contributed by atoms with Crippen LogP contribution >= 0.6 is 0 Å². The van der Waals surface area contributed by atoms with Crippen LogP contribution in [0.5, 0.6) is 0 Å². The van der Waals surface area contributed by atoms with E-state index >= 15 is 0 Å². The summed E-state index contributed by atoms with van der Waals surface area (Å²) in [6.07, 6.45) is 8.23. The van der Waals surface area contributed by atoms with E-state index in [4.69, 9.17) is 9.16 Å². The lowest BCUT2D eigenvalue weighted by Crippen LogP contribution is -2.49. The van der Waals surface area contributed by atoms with Gasteiger partial charge in [0.2, 0.25) is 0 Å². The number of hydrogen-bond donors (Lipinski definition) is 0. The zero-order valence-electron chi connectivity index (χ0n) is 26.4. The Kier molecular flexibility index (Phi) is 10.7. The highest BCUT2D eigenvalue weighted by molar-refractivity contribution is 6.74. The third-order valence-electron chi connectivity index (χ3n) is 8.00. The maximum absolute atomic E-state index is 13.6. The summed E-state index contributed by atoms with van der Waals surface area (Å²) < 4.78 is 12.9. The molecular weight excluding hydrogens is 486 g/mol. The van der Waals surface area contributed by atoms with Gasteiger partial charge in [0.25, 0.3) is 0 Å². The van der Waals surface area contributed by atoms with Gasteiger partial charge in [-0.25, -0.2) is 4.79 Å². The van der Waals surface area contributed by atoms with Gasteiger partial charge in [-0.05, 0) is 82.5 Å². The first-order valence-electron chi connectivity index (χ1n) is 14.4. The maximum Gasteiger partial charge on any atom is 0.410 e. The van der Waals surface area contributed by atoms with E-state index in [0.717, 1.165) is 31.2 Å². The van der Waals surface area contributed by atoms with Crippen LogP contribution in [0.15, 0.2) is 53.6 Å². The summed E-state index contributed by atoms with van der Waals surface area (Å²) in [6.45, 7) is 26.7. The van der Waals surface area contributed by atoms with Crippen molar-refractivity contribution in [3.8, 4) is 0 Å². The normalized spacial score (nSPS) is 16.8. The van der Waals surface area contributed by atoms with Crippen LogP contribution in [0.25, 0.3) is 0 Å². The largest absolute Gasteiger partial charge is 0.444 e. The Hall–Kier alpha value is -1.85. The summed E-state index contributed by atoms with van der Waals surface area (Å²) in [4.78, 5) is 15.5. The molecule has 0 aliphatic heterocycles. The lowest BCUT2D eigenvalue weighted by Gasteiger charge is -2.43. The molecule has 214 valence electrons. The van der Waals surface area contributed by atoms with Crippen LogP contribution in [0, 0.1) is 5.41 Å². The predicted octanol–water partition coefficient (Wildman–Crippen LogP) is 9.85. The Morgan fingerprint density at radius 2 is 1.55 bits per heavy atom. The topological polar surface area (TPSA) is 38.8 Å². The molecule has 0 fully saturated rings. The van der Waals surface area contributed by atoms with Crippen LogP contribution in [-0.2, 0) is 9.16 Å². The second-order valence-corrected chi connectivity index (χ2v) is 19.2. The average Bonchev–Trinajstić information content (AvgIpc) is 2.78. The molecular formula is C33H55NO3Si. The number of allylic oxidation sites excluding steroid dienone is 4. The molecule has 4 nitrogen and oxygen atoms in total. The van der Waals surface area contributed by atoms with Gasteiger partial charge in [-0.2, -0.15) is 0 Å². The summed E-state index contributed by atoms with van der Waals surface area (Å²) in [7, 11) is -2.12. The smallest absolute Gasteiger partial charge is 0.410 e. The van der Waals surface area contributed by atoms with Gasteiger partial charge >= 0.3 is 6.09 Å². The lowest BCUT2D eigenvalue weighted by atomic mass is 9.80. The van der Waals surface area contributed by atoms with E-state index in [-0.39, 0.29) is 28.7 Å². The molecule has 0 spiro atoms. The molecule has 0 N–H and O–H groups in total. The van der Waals surface area contributed by atoms with Crippen molar-refractivity contribution in [2.75, 3.05) is 6.54 Å². The Morgan fingerprint density at radius 1 is 0.947 bits per heavy atom. The van der Waals surface area contributed by atoms with Gasteiger partial charge in [-0.3, -0.25) is 0 Å². The van der Waals surface area contributed by atoms with Crippen molar-refractivity contribution >= 4 is 14.4 Å². The van der Waals surface area contributed by atoms with Crippen molar-refractivity contribution in [3.05, 3.63) is 59.2 Å². The Labute approximate surface area is 235 Å². The zero-order chi connectivity index (χ0) is 28.9. The minimum Gasteiger partial charge on any atom is -0.444 e. The number of nitrogens with zero attached hydrogens (tertiary/aromatic N) is 1. The summed E-state index contributed by atoms with van der Waals surface area (Å²) in [5.74, 6) is 0. The lowest BCUT2D eigenvalue weighted by molar-refractivity contribution is -0.000737. The van der Waals surface area contributed by atoms with Crippen LogP contribution in [0.1, 0.15) is 107 Å². The molecule has 1 aromatic carbocycles.